The number of hydrogen-bond acceptors (Lipinski definition) is 3. The van der Waals surface area contributed by atoms with Gasteiger partial charge in [0.15, 0.2) is 0 Å². The predicted molar refractivity (Wildman–Crippen MR) is 46.6 cm³/mol. The fourth-order valence-corrected chi connectivity index (χ4v) is 0.471. The largest absolute Gasteiger partial charge is 0.381 e. The van der Waals surface area contributed by atoms with Crippen molar-refractivity contribution in [1.82, 2.24) is 16.2 Å². The van der Waals surface area contributed by atoms with E-state index in [0.717, 1.165) is 0 Å². The number of hydrazine groups is 1. The van der Waals surface area contributed by atoms with E-state index in [9.17, 15) is 9.59 Å². The van der Waals surface area contributed by atoms with Gasteiger partial charge in [0.2, 0.25) is 0 Å². The first-order valence-electron chi connectivity index (χ1n) is 3.94. The lowest BCUT2D eigenvalue weighted by Crippen LogP contribution is -2.53. The SMILES string of the molecule is CCNC(=O)NNC(=O)C(C)(C)O. The van der Waals surface area contributed by atoms with Gasteiger partial charge >= 0.3 is 6.03 Å². The van der Waals surface area contributed by atoms with E-state index in [2.05, 4.69) is 16.2 Å². The van der Waals surface area contributed by atoms with Crippen LogP contribution < -0.4 is 16.2 Å². The molecule has 0 aromatic carbocycles. The summed E-state index contributed by atoms with van der Waals surface area (Å²) in [6.45, 7) is 4.85. The Bertz CT molecular complexity index is 198. The third-order valence-electron chi connectivity index (χ3n) is 1.18. The Balaban J connectivity index is 3.77. The van der Waals surface area contributed by atoms with Gasteiger partial charge in [-0.1, -0.05) is 0 Å². The maximum absolute atomic E-state index is 11.0. The summed E-state index contributed by atoms with van der Waals surface area (Å²) in [5.41, 5.74) is 2.64. The van der Waals surface area contributed by atoms with Crippen LogP contribution in [0.15, 0.2) is 0 Å². The highest BCUT2D eigenvalue weighted by molar-refractivity contribution is 5.86. The zero-order valence-electron chi connectivity index (χ0n) is 7.97. The van der Waals surface area contributed by atoms with Crippen molar-refractivity contribution in [3.63, 3.8) is 0 Å². The van der Waals surface area contributed by atoms with E-state index in [1.807, 2.05) is 0 Å². The summed E-state index contributed by atoms with van der Waals surface area (Å²) in [4.78, 5) is 21.7. The minimum Gasteiger partial charge on any atom is -0.381 e. The fraction of sp³-hybridized carbons (Fsp3) is 0.714. The van der Waals surface area contributed by atoms with Crippen LogP contribution in [-0.2, 0) is 4.79 Å². The number of carbonyl (C=O) groups is 2. The summed E-state index contributed by atoms with van der Waals surface area (Å²) in [5.74, 6) is -0.668. The Morgan fingerprint density at radius 1 is 1.31 bits per heavy atom. The van der Waals surface area contributed by atoms with E-state index >= 15 is 0 Å². The Morgan fingerprint density at radius 2 is 1.85 bits per heavy atom. The van der Waals surface area contributed by atoms with Gasteiger partial charge in [-0.15, -0.1) is 0 Å². The summed E-state index contributed by atoms with van der Waals surface area (Å²) in [5, 5.41) is 11.6. The summed E-state index contributed by atoms with van der Waals surface area (Å²) >= 11 is 0. The first-order valence-corrected chi connectivity index (χ1v) is 3.94. The fourth-order valence-electron chi connectivity index (χ4n) is 0.471. The van der Waals surface area contributed by atoms with Gasteiger partial charge in [0, 0.05) is 6.54 Å². The Morgan fingerprint density at radius 3 is 2.23 bits per heavy atom. The molecule has 0 spiro atoms. The molecular formula is C7H15N3O3. The van der Waals surface area contributed by atoms with Crippen molar-refractivity contribution < 1.29 is 14.7 Å². The van der Waals surface area contributed by atoms with Crippen molar-refractivity contribution in [2.45, 2.75) is 26.4 Å². The molecule has 6 heteroatoms. The van der Waals surface area contributed by atoms with Crippen LogP contribution >= 0.6 is 0 Å². The molecule has 4 N–H and O–H groups in total. The molecule has 0 aliphatic heterocycles. The van der Waals surface area contributed by atoms with Crippen molar-refractivity contribution in [2.24, 2.45) is 0 Å². The molecule has 0 aromatic rings. The molecule has 0 rings (SSSR count). The topological polar surface area (TPSA) is 90.5 Å². The number of urea groups is 1. The lowest BCUT2D eigenvalue weighted by molar-refractivity contribution is -0.137. The lowest BCUT2D eigenvalue weighted by Gasteiger charge is -2.16. The molecule has 0 unspecified atom stereocenters. The van der Waals surface area contributed by atoms with Crippen LogP contribution in [0.5, 0.6) is 0 Å². The minimum atomic E-state index is -1.50. The van der Waals surface area contributed by atoms with Gasteiger partial charge in [0.05, 0.1) is 0 Å². The first-order chi connectivity index (χ1) is 5.88. The average molecular weight is 189 g/mol. The molecule has 0 saturated heterocycles. The van der Waals surface area contributed by atoms with E-state index in [1.54, 1.807) is 6.92 Å². The molecular weight excluding hydrogens is 174 g/mol. The van der Waals surface area contributed by atoms with Crippen molar-refractivity contribution in [3.05, 3.63) is 0 Å². The van der Waals surface area contributed by atoms with E-state index in [4.69, 9.17) is 5.11 Å². The standard InChI is InChI=1S/C7H15N3O3/c1-4-8-6(12)10-9-5(11)7(2,3)13/h13H,4H2,1-3H3,(H,9,11)(H2,8,10,12). The van der Waals surface area contributed by atoms with Crippen molar-refractivity contribution in [2.75, 3.05) is 6.54 Å². The highest BCUT2D eigenvalue weighted by Crippen LogP contribution is 1.98. The van der Waals surface area contributed by atoms with Gasteiger partial charge in [-0.25, -0.2) is 10.2 Å². The van der Waals surface area contributed by atoms with Crippen molar-refractivity contribution in [3.8, 4) is 0 Å². The second kappa shape index (κ2) is 4.66. The summed E-state index contributed by atoms with van der Waals surface area (Å²) < 4.78 is 0. The normalized spacial score (nSPS) is 10.5. The number of nitrogens with one attached hydrogen (secondary N) is 3. The number of hydrogen-bond donors (Lipinski definition) is 4. The van der Waals surface area contributed by atoms with Gasteiger partial charge in [0.25, 0.3) is 5.91 Å². The molecule has 0 aliphatic carbocycles. The summed E-state index contributed by atoms with van der Waals surface area (Å²) in [6, 6.07) is -0.514. The van der Waals surface area contributed by atoms with Crippen LogP contribution in [0.4, 0.5) is 4.79 Å². The highest BCUT2D eigenvalue weighted by Gasteiger charge is 2.23. The number of amides is 3. The second-order valence-corrected chi connectivity index (χ2v) is 3.00. The molecule has 76 valence electrons. The molecule has 0 aromatic heterocycles. The third kappa shape index (κ3) is 5.02. The molecule has 0 bridgehead atoms. The van der Waals surface area contributed by atoms with Gasteiger partial charge in [-0.3, -0.25) is 10.2 Å². The zero-order valence-corrected chi connectivity index (χ0v) is 7.97. The molecule has 0 radical (unpaired) electrons. The van der Waals surface area contributed by atoms with E-state index in [0.29, 0.717) is 6.54 Å². The molecule has 0 fully saturated rings. The number of aliphatic hydroxyl groups is 1. The van der Waals surface area contributed by atoms with E-state index < -0.39 is 17.5 Å². The molecule has 0 aliphatic rings. The van der Waals surface area contributed by atoms with Crippen LogP contribution in [-0.4, -0.2) is 29.2 Å². The predicted octanol–water partition coefficient (Wildman–Crippen LogP) is -0.892. The Hall–Kier alpha value is -1.30. The summed E-state index contributed by atoms with van der Waals surface area (Å²) in [6.07, 6.45) is 0. The first kappa shape index (κ1) is 11.7. The van der Waals surface area contributed by atoms with Crippen LogP contribution in [0.25, 0.3) is 0 Å². The third-order valence-corrected chi connectivity index (χ3v) is 1.18. The number of carbonyl (C=O) groups excluding carboxylic acids is 2. The molecule has 0 saturated carbocycles. The van der Waals surface area contributed by atoms with Crippen LogP contribution in [0, 0.1) is 0 Å². The molecule has 6 nitrogen and oxygen atoms in total. The monoisotopic (exact) mass is 189 g/mol. The van der Waals surface area contributed by atoms with Crippen LogP contribution in [0.3, 0.4) is 0 Å². The zero-order chi connectivity index (χ0) is 10.5. The van der Waals surface area contributed by atoms with Gasteiger partial charge in [-0.05, 0) is 20.8 Å². The molecule has 3 amide bonds. The van der Waals surface area contributed by atoms with E-state index in [1.165, 1.54) is 13.8 Å². The lowest BCUT2D eigenvalue weighted by atomic mass is 10.1. The molecule has 0 atom stereocenters. The smallest absolute Gasteiger partial charge is 0.333 e. The average Bonchev–Trinajstić information content (AvgIpc) is 1.99. The molecule has 13 heavy (non-hydrogen) atoms. The summed E-state index contributed by atoms with van der Waals surface area (Å²) in [7, 11) is 0. The van der Waals surface area contributed by atoms with Crippen LogP contribution in [0.1, 0.15) is 20.8 Å². The van der Waals surface area contributed by atoms with E-state index in [-0.39, 0.29) is 0 Å². The van der Waals surface area contributed by atoms with Gasteiger partial charge in [0.1, 0.15) is 5.60 Å². The minimum absolute atomic E-state index is 0.463. The quantitative estimate of drug-likeness (QED) is 0.425. The maximum Gasteiger partial charge on any atom is 0.333 e. The van der Waals surface area contributed by atoms with Crippen molar-refractivity contribution in [1.29, 1.82) is 0 Å². The Labute approximate surface area is 76.7 Å². The Kier molecular flexibility index (Phi) is 4.19. The van der Waals surface area contributed by atoms with Crippen molar-refractivity contribution >= 4 is 11.9 Å². The van der Waals surface area contributed by atoms with Crippen LogP contribution in [0.2, 0.25) is 0 Å². The highest BCUT2D eigenvalue weighted by atomic mass is 16.3. The van der Waals surface area contributed by atoms with Gasteiger partial charge < -0.3 is 10.4 Å². The second-order valence-electron chi connectivity index (χ2n) is 3.00. The molecule has 0 heterocycles. The number of rotatable bonds is 2. The maximum atomic E-state index is 11.0. The van der Waals surface area contributed by atoms with Gasteiger partial charge in [-0.2, -0.15) is 0 Å².